The standard InChI is InChI=1S/C11H16N2O/c12-10-5-3-4-9(11(10)14)8-13-6-1-2-7-13/h3-5,14H,1-2,6-8,12H2. The fraction of sp³-hybridized carbons (Fsp3) is 0.455. The van der Waals surface area contributed by atoms with Crippen LogP contribution < -0.4 is 5.73 Å². The van der Waals surface area contributed by atoms with Gasteiger partial charge in [-0.1, -0.05) is 12.1 Å². The van der Waals surface area contributed by atoms with Crippen molar-refractivity contribution in [3.63, 3.8) is 0 Å². The van der Waals surface area contributed by atoms with Gasteiger partial charge in [-0.2, -0.15) is 0 Å². The molecule has 0 spiro atoms. The van der Waals surface area contributed by atoms with Gasteiger partial charge in [-0.15, -0.1) is 0 Å². The summed E-state index contributed by atoms with van der Waals surface area (Å²) in [4.78, 5) is 2.34. The van der Waals surface area contributed by atoms with Crippen LogP contribution in [0.15, 0.2) is 18.2 Å². The van der Waals surface area contributed by atoms with Crippen LogP contribution in [0, 0.1) is 0 Å². The van der Waals surface area contributed by atoms with Gasteiger partial charge in [-0.25, -0.2) is 0 Å². The number of phenols is 1. The van der Waals surface area contributed by atoms with E-state index in [1.807, 2.05) is 12.1 Å². The van der Waals surface area contributed by atoms with Crippen LogP contribution in [0.4, 0.5) is 5.69 Å². The highest BCUT2D eigenvalue weighted by Crippen LogP contribution is 2.26. The molecule has 14 heavy (non-hydrogen) atoms. The molecule has 1 saturated heterocycles. The Balaban J connectivity index is 2.11. The van der Waals surface area contributed by atoms with E-state index < -0.39 is 0 Å². The molecule has 1 aliphatic heterocycles. The van der Waals surface area contributed by atoms with E-state index in [1.165, 1.54) is 12.8 Å². The molecular formula is C11H16N2O. The molecule has 3 N–H and O–H groups in total. The maximum Gasteiger partial charge on any atom is 0.142 e. The molecule has 76 valence electrons. The number of hydrogen-bond donors (Lipinski definition) is 2. The smallest absolute Gasteiger partial charge is 0.142 e. The monoisotopic (exact) mass is 192 g/mol. The third-order valence-electron chi connectivity index (χ3n) is 2.74. The SMILES string of the molecule is Nc1cccc(CN2CCCC2)c1O. The van der Waals surface area contributed by atoms with Crippen LogP contribution in [0.25, 0.3) is 0 Å². The molecule has 1 heterocycles. The molecule has 0 saturated carbocycles. The largest absolute Gasteiger partial charge is 0.505 e. The Kier molecular flexibility index (Phi) is 2.59. The van der Waals surface area contributed by atoms with Gasteiger partial charge in [0.1, 0.15) is 5.75 Å². The van der Waals surface area contributed by atoms with Crippen LogP contribution in [0.5, 0.6) is 5.75 Å². The van der Waals surface area contributed by atoms with E-state index in [2.05, 4.69) is 4.90 Å². The lowest BCUT2D eigenvalue weighted by Gasteiger charge is -2.15. The number of likely N-dealkylation sites (tertiary alicyclic amines) is 1. The number of para-hydroxylation sites is 1. The number of benzene rings is 1. The lowest BCUT2D eigenvalue weighted by atomic mass is 10.1. The summed E-state index contributed by atoms with van der Waals surface area (Å²) in [5.41, 5.74) is 7.04. The Morgan fingerprint density at radius 2 is 2.00 bits per heavy atom. The van der Waals surface area contributed by atoms with Gasteiger partial charge in [0, 0.05) is 12.1 Å². The molecule has 0 aliphatic carbocycles. The van der Waals surface area contributed by atoms with Crippen LogP contribution >= 0.6 is 0 Å². The second kappa shape index (κ2) is 3.88. The Morgan fingerprint density at radius 3 is 2.71 bits per heavy atom. The second-order valence-corrected chi connectivity index (χ2v) is 3.84. The van der Waals surface area contributed by atoms with Crippen LogP contribution in [-0.2, 0) is 6.54 Å². The topological polar surface area (TPSA) is 49.5 Å². The van der Waals surface area contributed by atoms with Crippen LogP contribution in [-0.4, -0.2) is 23.1 Å². The highest BCUT2D eigenvalue weighted by atomic mass is 16.3. The van der Waals surface area contributed by atoms with Crippen molar-refractivity contribution < 1.29 is 5.11 Å². The molecule has 1 aromatic rings. The van der Waals surface area contributed by atoms with Crippen molar-refractivity contribution in [3.8, 4) is 5.75 Å². The predicted octanol–water partition coefficient (Wildman–Crippen LogP) is 1.57. The molecule has 0 aromatic heterocycles. The molecule has 0 unspecified atom stereocenters. The maximum atomic E-state index is 9.71. The van der Waals surface area contributed by atoms with Gasteiger partial charge in [0.15, 0.2) is 0 Å². The number of phenolic OH excluding ortho intramolecular Hbond substituents is 1. The average Bonchev–Trinajstić information content (AvgIpc) is 2.66. The van der Waals surface area contributed by atoms with Gasteiger partial charge in [-0.05, 0) is 32.0 Å². The van der Waals surface area contributed by atoms with Gasteiger partial charge in [0.25, 0.3) is 0 Å². The molecule has 1 aliphatic rings. The van der Waals surface area contributed by atoms with Crippen molar-refractivity contribution in [2.45, 2.75) is 19.4 Å². The Morgan fingerprint density at radius 1 is 1.29 bits per heavy atom. The van der Waals surface area contributed by atoms with Crippen molar-refractivity contribution in [1.82, 2.24) is 4.90 Å². The van der Waals surface area contributed by atoms with E-state index in [1.54, 1.807) is 6.07 Å². The molecule has 2 rings (SSSR count). The maximum absolute atomic E-state index is 9.71. The van der Waals surface area contributed by atoms with Gasteiger partial charge in [-0.3, -0.25) is 4.90 Å². The third kappa shape index (κ3) is 1.82. The van der Waals surface area contributed by atoms with Crippen molar-refractivity contribution in [2.24, 2.45) is 0 Å². The second-order valence-electron chi connectivity index (χ2n) is 3.84. The molecule has 0 radical (unpaired) electrons. The summed E-state index contributed by atoms with van der Waals surface area (Å²) < 4.78 is 0. The van der Waals surface area contributed by atoms with Crippen LogP contribution in [0.1, 0.15) is 18.4 Å². The Labute approximate surface area is 84.1 Å². The minimum Gasteiger partial charge on any atom is -0.505 e. The zero-order valence-corrected chi connectivity index (χ0v) is 8.24. The van der Waals surface area contributed by atoms with Gasteiger partial charge >= 0.3 is 0 Å². The quantitative estimate of drug-likeness (QED) is 0.552. The summed E-state index contributed by atoms with van der Waals surface area (Å²) in [6, 6.07) is 5.55. The van der Waals surface area contributed by atoms with Crippen molar-refractivity contribution in [3.05, 3.63) is 23.8 Å². The first kappa shape index (κ1) is 9.34. The average molecular weight is 192 g/mol. The lowest BCUT2D eigenvalue weighted by Crippen LogP contribution is -2.18. The molecule has 0 bridgehead atoms. The summed E-state index contributed by atoms with van der Waals surface area (Å²) in [6.45, 7) is 3.08. The Hall–Kier alpha value is -1.22. The van der Waals surface area contributed by atoms with E-state index in [4.69, 9.17) is 5.73 Å². The predicted molar refractivity (Wildman–Crippen MR) is 57.0 cm³/mol. The van der Waals surface area contributed by atoms with Crippen molar-refractivity contribution in [2.75, 3.05) is 18.8 Å². The zero-order valence-electron chi connectivity index (χ0n) is 8.24. The number of aromatic hydroxyl groups is 1. The molecule has 1 aromatic carbocycles. The first-order chi connectivity index (χ1) is 6.77. The minimum absolute atomic E-state index is 0.249. The van der Waals surface area contributed by atoms with E-state index in [0.29, 0.717) is 5.69 Å². The van der Waals surface area contributed by atoms with Gasteiger partial charge in [0.05, 0.1) is 5.69 Å². The van der Waals surface area contributed by atoms with Crippen LogP contribution in [0.3, 0.4) is 0 Å². The molecule has 1 fully saturated rings. The Bertz CT molecular complexity index is 319. The van der Waals surface area contributed by atoms with E-state index in [0.717, 1.165) is 25.2 Å². The molecule has 0 amide bonds. The highest BCUT2D eigenvalue weighted by molar-refractivity contribution is 5.55. The number of nitrogens with two attached hydrogens (primary N) is 1. The molecule has 3 nitrogen and oxygen atoms in total. The normalized spacial score (nSPS) is 17.4. The molecule has 3 heteroatoms. The minimum atomic E-state index is 0.249. The zero-order chi connectivity index (χ0) is 9.97. The van der Waals surface area contributed by atoms with Crippen LogP contribution in [0.2, 0.25) is 0 Å². The number of nitrogens with zero attached hydrogens (tertiary/aromatic N) is 1. The van der Waals surface area contributed by atoms with Gasteiger partial charge in [0.2, 0.25) is 0 Å². The molecule has 0 atom stereocenters. The number of anilines is 1. The summed E-state index contributed by atoms with van der Waals surface area (Å²) in [5.74, 6) is 0.249. The summed E-state index contributed by atoms with van der Waals surface area (Å²) in [7, 11) is 0. The number of rotatable bonds is 2. The van der Waals surface area contributed by atoms with Crippen molar-refractivity contribution >= 4 is 5.69 Å². The fourth-order valence-corrected chi connectivity index (χ4v) is 1.92. The number of hydrogen-bond acceptors (Lipinski definition) is 3. The fourth-order valence-electron chi connectivity index (χ4n) is 1.92. The van der Waals surface area contributed by atoms with Gasteiger partial charge < -0.3 is 10.8 Å². The van der Waals surface area contributed by atoms with E-state index in [9.17, 15) is 5.11 Å². The van der Waals surface area contributed by atoms with E-state index >= 15 is 0 Å². The third-order valence-corrected chi connectivity index (χ3v) is 2.74. The first-order valence-electron chi connectivity index (χ1n) is 5.06. The lowest BCUT2D eigenvalue weighted by molar-refractivity contribution is 0.324. The summed E-state index contributed by atoms with van der Waals surface area (Å²) in [6.07, 6.45) is 2.53. The van der Waals surface area contributed by atoms with Crippen molar-refractivity contribution in [1.29, 1.82) is 0 Å². The first-order valence-corrected chi connectivity index (χ1v) is 5.06. The number of nitrogen functional groups attached to an aromatic ring is 1. The molecular weight excluding hydrogens is 176 g/mol. The van der Waals surface area contributed by atoms with E-state index in [-0.39, 0.29) is 5.75 Å². The summed E-state index contributed by atoms with van der Waals surface area (Å²) in [5, 5.41) is 9.71. The highest BCUT2D eigenvalue weighted by Gasteiger charge is 2.14. The summed E-state index contributed by atoms with van der Waals surface area (Å²) >= 11 is 0.